The Hall–Kier alpha value is -0.590. The van der Waals surface area contributed by atoms with Crippen LogP contribution >= 0.6 is 11.8 Å². The molecule has 6 heteroatoms. The molecule has 0 amide bonds. The number of hydrogen-bond acceptors (Lipinski definition) is 3. The molecule has 0 aliphatic rings. The van der Waals surface area contributed by atoms with Gasteiger partial charge in [0.2, 0.25) is 10.0 Å². The standard InChI is InChI=1S/C11H16FNO2S2/c1-9(16-2)7-8-13-17(14,15)11-6-4-3-5-10(11)12/h3-6,9,13H,7-8H2,1-2H3. The zero-order chi connectivity index (χ0) is 12.9. The molecular weight excluding hydrogens is 261 g/mol. The normalized spacial score (nSPS) is 13.6. The van der Waals surface area contributed by atoms with Gasteiger partial charge < -0.3 is 0 Å². The summed E-state index contributed by atoms with van der Waals surface area (Å²) >= 11 is 1.67. The number of hydrogen-bond donors (Lipinski definition) is 1. The lowest BCUT2D eigenvalue weighted by atomic mass is 10.3. The predicted molar refractivity (Wildman–Crippen MR) is 69.2 cm³/mol. The number of thioether (sulfide) groups is 1. The molecule has 1 aromatic rings. The van der Waals surface area contributed by atoms with E-state index in [1.54, 1.807) is 11.8 Å². The molecular formula is C11H16FNO2S2. The second-order valence-electron chi connectivity index (χ2n) is 3.66. The average Bonchev–Trinajstić information content (AvgIpc) is 2.28. The summed E-state index contributed by atoms with van der Waals surface area (Å²) in [5.41, 5.74) is 0. The summed E-state index contributed by atoms with van der Waals surface area (Å²) in [7, 11) is -3.73. The Morgan fingerprint density at radius 1 is 1.41 bits per heavy atom. The molecule has 0 heterocycles. The zero-order valence-electron chi connectivity index (χ0n) is 9.81. The van der Waals surface area contributed by atoms with Crippen molar-refractivity contribution < 1.29 is 12.8 Å². The van der Waals surface area contributed by atoms with Crippen LogP contribution in [0.5, 0.6) is 0 Å². The van der Waals surface area contributed by atoms with Crippen LogP contribution in [0.1, 0.15) is 13.3 Å². The topological polar surface area (TPSA) is 46.2 Å². The average molecular weight is 277 g/mol. The highest BCUT2D eigenvalue weighted by Gasteiger charge is 2.17. The zero-order valence-corrected chi connectivity index (χ0v) is 11.4. The van der Waals surface area contributed by atoms with Crippen LogP contribution in [0.15, 0.2) is 29.2 Å². The lowest BCUT2D eigenvalue weighted by molar-refractivity contribution is 0.555. The van der Waals surface area contributed by atoms with Crippen molar-refractivity contribution in [2.45, 2.75) is 23.5 Å². The Labute approximate surface area is 106 Å². The Balaban J connectivity index is 2.67. The van der Waals surface area contributed by atoms with E-state index < -0.39 is 15.8 Å². The maximum absolute atomic E-state index is 13.3. The van der Waals surface area contributed by atoms with Gasteiger partial charge in [0.15, 0.2) is 0 Å². The minimum atomic E-state index is -3.73. The highest BCUT2D eigenvalue weighted by molar-refractivity contribution is 7.99. The molecule has 1 N–H and O–H groups in total. The van der Waals surface area contributed by atoms with Gasteiger partial charge in [0.1, 0.15) is 10.7 Å². The van der Waals surface area contributed by atoms with Gasteiger partial charge in [0.05, 0.1) is 0 Å². The predicted octanol–water partition coefficient (Wildman–Crippen LogP) is 2.25. The van der Waals surface area contributed by atoms with Gasteiger partial charge in [0, 0.05) is 11.8 Å². The van der Waals surface area contributed by atoms with Gasteiger partial charge >= 0.3 is 0 Å². The van der Waals surface area contributed by atoms with Crippen molar-refractivity contribution >= 4 is 21.8 Å². The molecule has 0 saturated heterocycles. The number of nitrogens with one attached hydrogen (secondary N) is 1. The van der Waals surface area contributed by atoms with E-state index in [1.165, 1.54) is 18.2 Å². The molecule has 1 unspecified atom stereocenters. The van der Waals surface area contributed by atoms with Gasteiger partial charge in [-0.3, -0.25) is 0 Å². The van der Waals surface area contributed by atoms with E-state index in [0.717, 1.165) is 12.5 Å². The molecule has 96 valence electrons. The van der Waals surface area contributed by atoms with Gasteiger partial charge in [-0.1, -0.05) is 19.1 Å². The summed E-state index contributed by atoms with van der Waals surface area (Å²) in [5, 5.41) is 0.373. The van der Waals surface area contributed by atoms with Crippen LogP contribution in [-0.2, 0) is 10.0 Å². The maximum atomic E-state index is 13.3. The number of sulfonamides is 1. The largest absolute Gasteiger partial charge is 0.243 e. The minimum Gasteiger partial charge on any atom is -0.211 e. The van der Waals surface area contributed by atoms with Gasteiger partial charge in [-0.05, 0) is 24.8 Å². The van der Waals surface area contributed by atoms with Crippen LogP contribution in [0.4, 0.5) is 4.39 Å². The summed E-state index contributed by atoms with van der Waals surface area (Å²) in [5.74, 6) is -0.724. The molecule has 1 aromatic carbocycles. The van der Waals surface area contributed by atoms with Gasteiger partial charge in [0.25, 0.3) is 0 Å². The van der Waals surface area contributed by atoms with Crippen LogP contribution in [0.2, 0.25) is 0 Å². The maximum Gasteiger partial charge on any atom is 0.243 e. The molecule has 17 heavy (non-hydrogen) atoms. The first-order valence-electron chi connectivity index (χ1n) is 5.24. The lowest BCUT2D eigenvalue weighted by Crippen LogP contribution is -2.27. The van der Waals surface area contributed by atoms with Crippen molar-refractivity contribution in [3.8, 4) is 0 Å². The van der Waals surface area contributed by atoms with E-state index in [2.05, 4.69) is 4.72 Å². The summed E-state index contributed by atoms with van der Waals surface area (Å²) < 4.78 is 39.2. The molecule has 1 rings (SSSR count). The second-order valence-corrected chi connectivity index (χ2v) is 6.67. The molecule has 1 atom stereocenters. The third-order valence-corrected chi connectivity index (χ3v) is 4.91. The Morgan fingerprint density at radius 3 is 2.65 bits per heavy atom. The fraction of sp³-hybridized carbons (Fsp3) is 0.455. The molecule has 0 saturated carbocycles. The quantitative estimate of drug-likeness (QED) is 0.867. The molecule has 0 aliphatic carbocycles. The lowest BCUT2D eigenvalue weighted by Gasteiger charge is -2.10. The van der Waals surface area contributed by atoms with Crippen molar-refractivity contribution in [2.75, 3.05) is 12.8 Å². The van der Waals surface area contributed by atoms with Crippen molar-refractivity contribution in [3.63, 3.8) is 0 Å². The van der Waals surface area contributed by atoms with Gasteiger partial charge in [-0.25, -0.2) is 17.5 Å². The first-order chi connectivity index (χ1) is 7.97. The van der Waals surface area contributed by atoms with Crippen LogP contribution in [-0.4, -0.2) is 26.5 Å². The van der Waals surface area contributed by atoms with Crippen molar-refractivity contribution in [2.24, 2.45) is 0 Å². The van der Waals surface area contributed by atoms with Crippen molar-refractivity contribution in [1.29, 1.82) is 0 Å². The summed E-state index contributed by atoms with van der Waals surface area (Å²) in [6.45, 7) is 2.33. The molecule has 0 bridgehead atoms. The molecule has 3 nitrogen and oxygen atoms in total. The Bertz CT molecular complexity index is 462. The molecule has 0 aliphatic heterocycles. The van der Waals surface area contributed by atoms with E-state index >= 15 is 0 Å². The summed E-state index contributed by atoms with van der Waals surface area (Å²) in [4.78, 5) is -0.295. The Morgan fingerprint density at radius 2 is 2.06 bits per heavy atom. The third kappa shape index (κ3) is 4.29. The molecule has 0 radical (unpaired) electrons. The SMILES string of the molecule is CSC(C)CCNS(=O)(=O)c1ccccc1F. The van der Waals surface area contributed by atoms with Gasteiger partial charge in [-0.15, -0.1) is 0 Å². The minimum absolute atomic E-state index is 0.295. The number of halogens is 1. The smallest absolute Gasteiger partial charge is 0.211 e. The fourth-order valence-electron chi connectivity index (χ4n) is 1.25. The highest BCUT2D eigenvalue weighted by atomic mass is 32.2. The van der Waals surface area contributed by atoms with E-state index in [1.807, 2.05) is 13.2 Å². The van der Waals surface area contributed by atoms with Gasteiger partial charge in [-0.2, -0.15) is 11.8 Å². The molecule has 0 aromatic heterocycles. The third-order valence-electron chi connectivity index (χ3n) is 2.37. The number of rotatable bonds is 6. The van der Waals surface area contributed by atoms with E-state index in [-0.39, 0.29) is 4.90 Å². The van der Waals surface area contributed by atoms with E-state index in [0.29, 0.717) is 11.8 Å². The van der Waals surface area contributed by atoms with E-state index in [4.69, 9.17) is 0 Å². The number of benzene rings is 1. The summed E-state index contributed by atoms with van der Waals surface area (Å²) in [6, 6.07) is 5.36. The second kappa shape index (κ2) is 6.37. The van der Waals surface area contributed by atoms with Crippen LogP contribution < -0.4 is 4.72 Å². The Kier molecular flexibility index (Phi) is 5.42. The molecule has 0 fully saturated rings. The van der Waals surface area contributed by atoms with Crippen molar-refractivity contribution in [3.05, 3.63) is 30.1 Å². The van der Waals surface area contributed by atoms with Crippen LogP contribution in [0, 0.1) is 5.82 Å². The monoisotopic (exact) mass is 277 g/mol. The van der Waals surface area contributed by atoms with Crippen molar-refractivity contribution in [1.82, 2.24) is 4.72 Å². The highest BCUT2D eigenvalue weighted by Crippen LogP contribution is 2.14. The van der Waals surface area contributed by atoms with Crippen LogP contribution in [0.3, 0.4) is 0 Å². The molecule has 0 spiro atoms. The summed E-state index contributed by atoms with van der Waals surface area (Å²) in [6.07, 6.45) is 2.69. The van der Waals surface area contributed by atoms with Crippen LogP contribution in [0.25, 0.3) is 0 Å². The first kappa shape index (κ1) is 14.5. The van der Waals surface area contributed by atoms with E-state index in [9.17, 15) is 12.8 Å². The fourth-order valence-corrected chi connectivity index (χ4v) is 2.73. The first-order valence-corrected chi connectivity index (χ1v) is 8.01.